The molecule has 0 aromatic carbocycles. The minimum Gasteiger partial charge on any atom is -0.481 e. The van der Waals surface area contributed by atoms with Crippen molar-refractivity contribution >= 4 is 40.4 Å². The van der Waals surface area contributed by atoms with Gasteiger partial charge in [-0.2, -0.15) is 0 Å². The van der Waals surface area contributed by atoms with Gasteiger partial charge in [-0.05, 0) is 119 Å². The summed E-state index contributed by atoms with van der Waals surface area (Å²) in [7, 11) is -0.414. The number of hydrogen-bond donors (Lipinski definition) is 6. The molecule has 0 aliphatic heterocycles. The van der Waals surface area contributed by atoms with Gasteiger partial charge in [-0.25, -0.2) is 0 Å². The summed E-state index contributed by atoms with van der Waals surface area (Å²) in [5.74, 6) is -3.49. The molecule has 0 aliphatic carbocycles. The molecule has 6 N–H and O–H groups in total. The fourth-order valence-corrected chi connectivity index (χ4v) is 14.5. The van der Waals surface area contributed by atoms with Crippen LogP contribution in [0.15, 0.2) is 0 Å². The summed E-state index contributed by atoms with van der Waals surface area (Å²) in [4.78, 5) is 48.9. The standard InChI is InChI=1S/C32H66N4O7Si2/c1-23(33-5)15-17-25(3)35-31(41)27(21-29(37)38)13-11-19-44(7,8)43-45(9,10)20-12-14-28(22-30(39)40)32(42)36-26(4)18-16-24(2)34-6/h23-28,33-34H,11-22H2,1-10H3,(H,35,41)(H,36,42)(H,37,38)(H,39,40). The van der Waals surface area contributed by atoms with E-state index in [4.69, 9.17) is 4.12 Å². The first-order valence-electron chi connectivity index (χ1n) is 16.9. The smallest absolute Gasteiger partial charge is 0.304 e. The number of carbonyl (C=O) groups is 4. The highest BCUT2D eigenvalue weighted by molar-refractivity contribution is 6.84. The SMILES string of the molecule is CNC(C)CCC(C)NC(=O)C(CCC[Si](C)(C)O[Si](C)(C)CCCC(CC(=O)O)C(=O)NC(C)CCC(C)NC)CC(=O)O. The van der Waals surface area contributed by atoms with Crippen molar-refractivity contribution in [1.82, 2.24) is 21.3 Å². The van der Waals surface area contributed by atoms with Crippen molar-refractivity contribution in [1.29, 1.82) is 0 Å². The van der Waals surface area contributed by atoms with Crippen LogP contribution in [0.3, 0.4) is 0 Å². The van der Waals surface area contributed by atoms with Gasteiger partial charge in [0.15, 0.2) is 16.6 Å². The Morgan fingerprint density at radius 3 is 1.18 bits per heavy atom. The van der Waals surface area contributed by atoms with E-state index in [2.05, 4.69) is 61.3 Å². The Balaban J connectivity index is 4.96. The average molecular weight is 675 g/mol. The highest BCUT2D eigenvalue weighted by Gasteiger charge is 2.34. The summed E-state index contributed by atoms with van der Waals surface area (Å²) in [6.45, 7) is 16.7. The van der Waals surface area contributed by atoms with Gasteiger partial charge in [-0.3, -0.25) is 19.2 Å². The second kappa shape index (κ2) is 21.9. The van der Waals surface area contributed by atoms with Gasteiger partial charge in [0.05, 0.1) is 12.8 Å². The Kier molecular flexibility index (Phi) is 21.0. The summed E-state index contributed by atoms with van der Waals surface area (Å²) >= 11 is 0. The van der Waals surface area contributed by atoms with Crippen molar-refractivity contribution in [3.05, 3.63) is 0 Å². The predicted molar refractivity (Wildman–Crippen MR) is 186 cm³/mol. The third kappa shape index (κ3) is 21.6. The van der Waals surface area contributed by atoms with E-state index in [1.807, 2.05) is 27.9 Å². The van der Waals surface area contributed by atoms with Gasteiger partial charge < -0.3 is 35.6 Å². The Morgan fingerprint density at radius 2 is 0.889 bits per heavy atom. The summed E-state index contributed by atoms with van der Waals surface area (Å²) in [5.41, 5.74) is 0. The second-order valence-electron chi connectivity index (χ2n) is 14.3. The first kappa shape index (κ1) is 43.2. The number of amides is 2. The van der Waals surface area contributed by atoms with E-state index in [0.29, 0.717) is 37.8 Å². The number of aliphatic carboxylic acids is 2. The number of carboxylic acids is 2. The zero-order valence-electron chi connectivity index (χ0n) is 29.9. The van der Waals surface area contributed by atoms with Crippen LogP contribution in [0.25, 0.3) is 0 Å². The van der Waals surface area contributed by atoms with E-state index in [0.717, 1.165) is 37.8 Å². The lowest BCUT2D eigenvalue weighted by Crippen LogP contribution is -2.44. The number of hydrogen-bond acceptors (Lipinski definition) is 7. The highest BCUT2D eigenvalue weighted by atomic mass is 28.4. The molecule has 0 aliphatic rings. The number of carboxylic acid groups (broad SMARTS) is 2. The van der Waals surface area contributed by atoms with Crippen molar-refractivity contribution < 1.29 is 33.5 Å². The topological polar surface area (TPSA) is 166 Å². The largest absolute Gasteiger partial charge is 0.481 e. The first-order valence-corrected chi connectivity index (χ1v) is 23.1. The van der Waals surface area contributed by atoms with Crippen molar-refractivity contribution in [2.75, 3.05) is 14.1 Å². The molecule has 0 fully saturated rings. The normalized spacial score (nSPS) is 16.2. The Morgan fingerprint density at radius 1 is 0.578 bits per heavy atom. The van der Waals surface area contributed by atoms with Crippen LogP contribution in [-0.2, 0) is 23.3 Å². The monoisotopic (exact) mass is 674 g/mol. The van der Waals surface area contributed by atoms with Crippen molar-refractivity contribution in [2.45, 2.75) is 154 Å². The molecule has 0 radical (unpaired) electrons. The van der Waals surface area contributed by atoms with E-state index in [1.54, 1.807) is 0 Å². The lowest BCUT2D eigenvalue weighted by atomic mass is 9.98. The fraction of sp³-hybridized carbons (Fsp3) is 0.875. The summed E-state index contributed by atoms with van der Waals surface area (Å²) in [6.07, 6.45) is 5.52. The molecular weight excluding hydrogens is 609 g/mol. The molecule has 0 saturated heterocycles. The lowest BCUT2D eigenvalue weighted by Gasteiger charge is -2.34. The summed E-state index contributed by atoms with van der Waals surface area (Å²) < 4.78 is 6.76. The molecule has 2 amide bonds. The second-order valence-corrected chi connectivity index (χ2v) is 23.2. The van der Waals surface area contributed by atoms with E-state index in [1.165, 1.54) is 0 Å². The van der Waals surface area contributed by atoms with Crippen LogP contribution in [0.1, 0.15) is 91.9 Å². The maximum atomic E-state index is 12.9. The minimum absolute atomic E-state index is 0.0257. The van der Waals surface area contributed by atoms with Crippen molar-refractivity contribution in [2.24, 2.45) is 11.8 Å². The molecule has 6 atom stereocenters. The van der Waals surface area contributed by atoms with E-state index in [-0.39, 0.29) is 36.7 Å². The Bertz CT molecular complexity index is 837. The van der Waals surface area contributed by atoms with Gasteiger partial charge >= 0.3 is 11.9 Å². The number of rotatable bonds is 26. The maximum absolute atomic E-state index is 12.9. The summed E-state index contributed by atoms with van der Waals surface area (Å²) in [6, 6.07) is 2.28. The van der Waals surface area contributed by atoms with E-state index < -0.39 is 40.4 Å². The zero-order chi connectivity index (χ0) is 34.8. The third-order valence-corrected chi connectivity index (χ3v) is 16.2. The van der Waals surface area contributed by atoms with Gasteiger partial charge in [-0.15, -0.1) is 0 Å². The molecule has 0 bridgehead atoms. The molecular formula is C32H66N4O7Si2. The molecule has 13 heteroatoms. The molecule has 0 rings (SSSR count). The Hall–Kier alpha value is -1.81. The van der Waals surface area contributed by atoms with Crippen LogP contribution in [0.4, 0.5) is 0 Å². The molecule has 264 valence electrons. The maximum Gasteiger partial charge on any atom is 0.304 e. The van der Waals surface area contributed by atoms with Gasteiger partial charge in [-0.1, -0.05) is 12.8 Å². The minimum atomic E-state index is -2.11. The predicted octanol–water partition coefficient (Wildman–Crippen LogP) is 4.94. The van der Waals surface area contributed by atoms with Gasteiger partial charge in [0.2, 0.25) is 11.8 Å². The highest BCUT2D eigenvalue weighted by Crippen LogP contribution is 2.27. The first-order chi connectivity index (χ1) is 20.8. The zero-order valence-corrected chi connectivity index (χ0v) is 31.9. The Labute approximate surface area is 275 Å². The van der Waals surface area contributed by atoms with Gasteiger partial charge in [0.25, 0.3) is 0 Å². The van der Waals surface area contributed by atoms with Crippen LogP contribution in [-0.4, -0.2) is 88.9 Å². The third-order valence-electron chi connectivity index (χ3n) is 8.63. The molecule has 45 heavy (non-hydrogen) atoms. The summed E-state index contributed by atoms with van der Waals surface area (Å²) in [5, 5.41) is 31.3. The molecule has 11 nitrogen and oxygen atoms in total. The molecule has 0 aromatic heterocycles. The number of carbonyl (C=O) groups excluding carboxylic acids is 2. The van der Waals surface area contributed by atoms with Crippen molar-refractivity contribution in [3.8, 4) is 0 Å². The van der Waals surface area contributed by atoms with Crippen LogP contribution < -0.4 is 21.3 Å². The lowest BCUT2D eigenvalue weighted by molar-refractivity contribution is -0.141. The van der Waals surface area contributed by atoms with Crippen LogP contribution in [0, 0.1) is 11.8 Å². The van der Waals surface area contributed by atoms with Crippen LogP contribution in [0.5, 0.6) is 0 Å². The van der Waals surface area contributed by atoms with Gasteiger partial charge in [0, 0.05) is 36.0 Å². The average Bonchev–Trinajstić information content (AvgIpc) is 2.92. The van der Waals surface area contributed by atoms with E-state index in [9.17, 15) is 29.4 Å². The number of nitrogens with one attached hydrogen (secondary N) is 4. The molecule has 0 heterocycles. The van der Waals surface area contributed by atoms with E-state index >= 15 is 0 Å². The fourth-order valence-electron chi connectivity index (χ4n) is 5.63. The molecule has 0 aromatic rings. The van der Waals surface area contributed by atoms with Crippen molar-refractivity contribution in [3.63, 3.8) is 0 Å². The van der Waals surface area contributed by atoms with Gasteiger partial charge in [0.1, 0.15) is 0 Å². The molecule has 0 saturated carbocycles. The van der Waals surface area contributed by atoms with Crippen LogP contribution >= 0.6 is 0 Å². The molecule has 0 spiro atoms. The molecule has 6 unspecified atom stereocenters. The van der Waals surface area contributed by atoms with Crippen LogP contribution in [0.2, 0.25) is 38.3 Å². The quantitative estimate of drug-likeness (QED) is 0.0697.